The Bertz CT molecular complexity index is 2980. The molecule has 7 aromatic rings. The molecule has 0 atom stereocenters. The summed E-state index contributed by atoms with van der Waals surface area (Å²) in [6.45, 7) is 3.24. The van der Waals surface area contributed by atoms with Gasteiger partial charge in [0, 0.05) is 57.8 Å². The number of imidazole rings is 2. The van der Waals surface area contributed by atoms with Gasteiger partial charge in [-0.15, -0.1) is 0 Å². The van der Waals surface area contributed by atoms with Crippen LogP contribution in [0.2, 0.25) is 0 Å². The highest BCUT2D eigenvalue weighted by molar-refractivity contribution is 9.10. The number of fused-ring (bicyclic) bond motifs is 2. The molecule has 68 heavy (non-hydrogen) atoms. The summed E-state index contributed by atoms with van der Waals surface area (Å²) in [7, 11) is 1.57. The maximum absolute atomic E-state index is 12.8. The summed E-state index contributed by atoms with van der Waals surface area (Å²) in [6.07, 6.45) is -3.06. The Labute approximate surface area is 396 Å². The number of nitrogens with zero attached hydrogens (tertiary/aromatic N) is 4. The Hall–Kier alpha value is -6.76. The van der Waals surface area contributed by atoms with Crippen LogP contribution in [-0.4, -0.2) is 75.6 Å². The van der Waals surface area contributed by atoms with Crippen LogP contribution in [0.25, 0.3) is 33.4 Å². The predicted molar refractivity (Wildman–Crippen MR) is 255 cm³/mol. The second kappa shape index (κ2) is 19.8. The number of hydrogen-bond donors (Lipinski definition) is 5. The van der Waals surface area contributed by atoms with E-state index in [9.17, 15) is 35.9 Å². The number of nitrogens with one attached hydrogen (secondary N) is 5. The average Bonchev–Trinajstić information content (AvgIpc) is 4.19. The molecule has 0 unspecified atom stereocenters. The van der Waals surface area contributed by atoms with Crippen LogP contribution in [0.15, 0.2) is 102 Å². The number of amides is 2. The fourth-order valence-electron chi connectivity index (χ4n) is 7.62. The van der Waals surface area contributed by atoms with Gasteiger partial charge in [-0.3, -0.25) is 18.7 Å². The number of aryl methyl sites for hydroxylation is 2. The molecule has 9 rings (SSSR count). The summed E-state index contributed by atoms with van der Waals surface area (Å²) in [5, 5.41) is 15.0. The van der Waals surface area contributed by atoms with Crippen LogP contribution < -0.4 is 31.3 Å². The van der Waals surface area contributed by atoms with Gasteiger partial charge in [0.25, 0.3) is 11.8 Å². The van der Waals surface area contributed by atoms with Crippen LogP contribution in [0.1, 0.15) is 70.4 Å². The first kappa shape index (κ1) is 47.7. The Balaban J connectivity index is 0.000000189. The lowest BCUT2D eigenvalue weighted by molar-refractivity contribution is -0.132. The SMILES string of the molecule is COc1ccccc1Nc1cc(NCCC(F)(F)F)c2ncn(-c3ccc(C(=O)NC4CC4)c(C)c3)c2c1.Cc1cc(-n2cnc3c(NCCC(F)(F)F)cc(Br)cc32)ccc1C(=O)NC1CC1. The Morgan fingerprint density at radius 1 is 0.662 bits per heavy atom. The van der Waals surface area contributed by atoms with Gasteiger partial charge in [-0.05, 0) is 123 Å². The second-order valence-electron chi connectivity index (χ2n) is 16.8. The Morgan fingerprint density at radius 2 is 1.15 bits per heavy atom. The number of ether oxygens (including phenoxy) is 1. The maximum atomic E-state index is 12.8. The Kier molecular flexibility index (Phi) is 13.9. The molecule has 0 radical (unpaired) electrons. The topological polar surface area (TPSA) is 139 Å². The molecule has 2 amide bonds. The van der Waals surface area contributed by atoms with Crippen LogP contribution in [0.4, 0.5) is 49.1 Å². The van der Waals surface area contributed by atoms with Gasteiger partial charge in [-0.2, -0.15) is 26.3 Å². The number of rotatable bonds is 15. The molecular formula is C49H48BrF6N9O3. The van der Waals surface area contributed by atoms with E-state index in [0.29, 0.717) is 56.2 Å². The molecule has 2 saturated carbocycles. The van der Waals surface area contributed by atoms with Crippen LogP contribution in [0.3, 0.4) is 0 Å². The van der Waals surface area contributed by atoms with Gasteiger partial charge in [-0.1, -0.05) is 28.1 Å². The van der Waals surface area contributed by atoms with Crippen LogP contribution >= 0.6 is 15.9 Å². The number of aromatic nitrogens is 4. The summed E-state index contributed by atoms with van der Waals surface area (Å²) in [4.78, 5) is 33.9. The van der Waals surface area contributed by atoms with Crippen molar-refractivity contribution in [1.82, 2.24) is 29.7 Å². The molecule has 356 valence electrons. The number of alkyl halides is 6. The molecule has 2 aliphatic carbocycles. The molecular weight excluding hydrogens is 956 g/mol. The van der Waals surface area contributed by atoms with E-state index in [1.165, 1.54) is 0 Å². The fraction of sp³-hybridized carbons (Fsp3) is 0.306. The van der Waals surface area contributed by atoms with Crippen molar-refractivity contribution in [2.45, 2.75) is 76.8 Å². The number of para-hydroxylation sites is 2. The van der Waals surface area contributed by atoms with Crippen molar-refractivity contribution in [1.29, 1.82) is 0 Å². The third-order valence-electron chi connectivity index (χ3n) is 11.4. The van der Waals surface area contributed by atoms with E-state index < -0.39 is 25.2 Å². The van der Waals surface area contributed by atoms with Crippen molar-refractivity contribution in [3.05, 3.63) is 124 Å². The minimum atomic E-state index is -4.27. The minimum absolute atomic E-state index is 0.0732. The third-order valence-corrected chi connectivity index (χ3v) is 11.9. The van der Waals surface area contributed by atoms with Crippen molar-refractivity contribution in [3.8, 4) is 17.1 Å². The molecule has 5 aromatic carbocycles. The zero-order valence-corrected chi connectivity index (χ0v) is 38.8. The van der Waals surface area contributed by atoms with E-state index in [-0.39, 0.29) is 37.0 Å². The number of carbonyl (C=O) groups excluding carboxylic acids is 2. The van der Waals surface area contributed by atoms with Crippen LogP contribution in [0, 0.1) is 13.8 Å². The lowest BCUT2D eigenvalue weighted by atomic mass is 10.1. The molecule has 5 N–H and O–H groups in total. The van der Waals surface area contributed by atoms with Gasteiger partial charge in [0.1, 0.15) is 29.4 Å². The maximum Gasteiger partial charge on any atom is 0.390 e. The standard InChI is InChI=1S/C28H28F3N5O2.C21H20BrF3N4O/c1-17-13-20(9-10-21(17)27(37)35-18-7-8-18)36-16-33-26-23(32-12-11-28(29,30)31)14-19(15-24(26)36)34-22-5-3-4-6-25(22)38-2;1-12-8-15(4-5-16(12)20(30)28-14-2-3-14)29-11-27-19-17(9-13(22)10-18(19)29)26-7-6-21(23,24)25/h3-6,9-10,13-16,18,32,34H,7-8,11-12H2,1-2H3,(H,35,37);4-5,8-11,14,26H,2-3,6-7H2,1H3,(H,28,30). The number of methoxy groups -OCH3 is 1. The lowest BCUT2D eigenvalue weighted by Crippen LogP contribution is -2.26. The zero-order valence-electron chi connectivity index (χ0n) is 37.2. The number of halogens is 7. The number of anilines is 4. The van der Waals surface area contributed by atoms with E-state index in [2.05, 4.69) is 52.5 Å². The summed E-state index contributed by atoms with van der Waals surface area (Å²) in [6, 6.07) is 26.2. The summed E-state index contributed by atoms with van der Waals surface area (Å²) in [5.41, 5.74) is 9.39. The molecule has 2 heterocycles. The normalized spacial score (nSPS) is 13.7. The average molecular weight is 1000 g/mol. The minimum Gasteiger partial charge on any atom is -0.495 e. The monoisotopic (exact) mass is 1000 g/mol. The molecule has 2 aromatic heterocycles. The first-order valence-corrected chi connectivity index (χ1v) is 22.7. The van der Waals surface area contributed by atoms with Gasteiger partial charge in [-0.25, -0.2) is 9.97 Å². The van der Waals surface area contributed by atoms with Crippen molar-refractivity contribution in [2.24, 2.45) is 0 Å². The van der Waals surface area contributed by atoms with Gasteiger partial charge in [0.05, 0.1) is 48.0 Å². The van der Waals surface area contributed by atoms with Gasteiger partial charge >= 0.3 is 12.4 Å². The van der Waals surface area contributed by atoms with Crippen LogP contribution in [-0.2, 0) is 0 Å². The third kappa shape index (κ3) is 11.8. The summed E-state index contributed by atoms with van der Waals surface area (Å²) < 4.78 is 85.8. The number of hydrogen-bond acceptors (Lipinski definition) is 8. The van der Waals surface area contributed by atoms with Crippen LogP contribution in [0.5, 0.6) is 5.75 Å². The second-order valence-corrected chi connectivity index (χ2v) is 17.8. The van der Waals surface area contributed by atoms with Gasteiger partial charge in [0.15, 0.2) is 0 Å². The molecule has 19 heteroatoms. The van der Waals surface area contributed by atoms with Crippen molar-refractivity contribution < 1.29 is 40.7 Å². The molecule has 2 aliphatic rings. The first-order chi connectivity index (χ1) is 32.4. The molecule has 0 saturated heterocycles. The molecule has 0 spiro atoms. The van der Waals surface area contributed by atoms with E-state index in [1.54, 1.807) is 44.0 Å². The zero-order chi connectivity index (χ0) is 48.3. The fourth-order valence-corrected chi connectivity index (χ4v) is 8.06. The molecule has 12 nitrogen and oxygen atoms in total. The summed E-state index contributed by atoms with van der Waals surface area (Å²) in [5.74, 6) is 0.464. The smallest absolute Gasteiger partial charge is 0.390 e. The van der Waals surface area contributed by atoms with Crippen molar-refractivity contribution in [2.75, 3.05) is 36.1 Å². The van der Waals surface area contributed by atoms with Gasteiger partial charge < -0.3 is 31.3 Å². The number of carbonyl (C=O) groups is 2. The highest BCUT2D eigenvalue weighted by Crippen LogP contribution is 2.35. The van der Waals surface area contributed by atoms with Crippen molar-refractivity contribution >= 4 is 72.6 Å². The van der Waals surface area contributed by atoms with E-state index in [4.69, 9.17) is 4.74 Å². The van der Waals surface area contributed by atoms with E-state index >= 15 is 0 Å². The highest BCUT2D eigenvalue weighted by atomic mass is 79.9. The van der Waals surface area contributed by atoms with E-state index in [0.717, 1.165) is 58.2 Å². The highest BCUT2D eigenvalue weighted by Gasteiger charge is 2.29. The lowest BCUT2D eigenvalue weighted by Gasteiger charge is -2.15. The quantitative estimate of drug-likeness (QED) is 0.0640. The molecule has 0 aliphatic heterocycles. The van der Waals surface area contributed by atoms with Gasteiger partial charge in [0.2, 0.25) is 0 Å². The Morgan fingerprint density at radius 3 is 1.62 bits per heavy atom. The predicted octanol–water partition coefficient (Wildman–Crippen LogP) is 11.7. The van der Waals surface area contributed by atoms with E-state index in [1.807, 2.05) is 83.6 Å². The summed E-state index contributed by atoms with van der Waals surface area (Å²) >= 11 is 3.42. The molecule has 0 bridgehead atoms. The largest absolute Gasteiger partial charge is 0.495 e. The first-order valence-electron chi connectivity index (χ1n) is 22.0. The van der Waals surface area contributed by atoms with Crippen molar-refractivity contribution in [3.63, 3.8) is 0 Å². The molecule has 2 fully saturated rings. The number of benzene rings is 5.